The fourth-order valence-corrected chi connectivity index (χ4v) is 2.23. The molecular formula is C11H13O4P. The number of carboxylic acids is 1. The van der Waals surface area contributed by atoms with Crippen LogP contribution in [0.15, 0.2) is 30.3 Å². The van der Waals surface area contributed by atoms with Crippen LogP contribution in [0.2, 0.25) is 0 Å². The van der Waals surface area contributed by atoms with Crippen molar-refractivity contribution in [2.45, 2.75) is 0 Å². The third-order valence-electron chi connectivity index (χ3n) is 1.83. The monoisotopic (exact) mass is 240 g/mol. The number of rotatable bonds is 5. The van der Waals surface area contributed by atoms with E-state index >= 15 is 0 Å². The van der Waals surface area contributed by atoms with Gasteiger partial charge in [-0.2, -0.15) is 0 Å². The predicted molar refractivity (Wildman–Crippen MR) is 63.7 cm³/mol. The Morgan fingerprint density at radius 1 is 1.38 bits per heavy atom. The highest BCUT2D eigenvalue weighted by atomic mass is 31.2. The van der Waals surface area contributed by atoms with Crippen LogP contribution >= 0.6 is 8.38 Å². The average Bonchev–Trinajstić information content (AvgIpc) is 2.29. The van der Waals surface area contributed by atoms with Gasteiger partial charge in [-0.15, -0.1) is 0 Å². The third-order valence-corrected chi connectivity index (χ3v) is 3.19. The zero-order valence-electron chi connectivity index (χ0n) is 9.08. The fraction of sp³-hybridized carbons (Fsp3) is 0.182. The summed E-state index contributed by atoms with van der Waals surface area (Å²) in [6.45, 7) is 0. The van der Waals surface area contributed by atoms with E-state index in [2.05, 4.69) is 0 Å². The zero-order chi connectivity index (χ0) is 12.0. The van der Waals surface area contributed by atoms with Crippen molar-refractivity contribution < 1.29 is 18.9 Å². The summed E-state index contributed by atoms with van der Waals surface area (Å²) in [6, 6.07) is 7.39. The van der Waals surface area contributed by atoms with Crippen LogP contribution in [0.4, 0.5) is 0 Å². The Hall–Kier alpha value is -1.22. The predicted octanol–water partition coefficient (Wildman–Crippen LogP) is 2.01. The van der Waals surface area contributed by atoms with Crippen LogP contribution < -0.4 is 5.30 Å². The van der Waals surface area contributed by atoms with Crippen molar-refractivity contribution in [2.24, 2.45) is 0 Å². The van der Waals surface area contributed by atoms with E-state index < -0.39 is 14.3 Å². The van der Waals surface area contributed by atoms with E-state index in [0.717, 1.165) is 16.9 Å². The molecule has 0 aliphatic rings. The van der Waals surface area contributed by atoms with Crippen molar-refractivity contribution in [3.63, 3.8) is 0 Å². The molecule has 0 saturated carbocycles. The Kier molecular flexibility index (Phi) is 5.12. The Morgan fingerprint density at radius 3 is 2.62 bits per heavy atom. The zero-order valence-corrected chi connectivity index (χ0v) is 9.98. The molecule has 1 N–H and O–H groups in total. The molecule has 0 spiro atoms. The van der Waals surface area contributed by atoms with Crippen LogP contribution in [0, 0.1) is 0 Å². The van der Waals surface area contributed by atoms with Crippen LogP contribution in [0.25, 0.3) is 6.08 Å². The molecule has 16 heavy (non-hydrogen) atoms. The second kappa shape index (κ2) is 6.38. The largest absolute Gasteiger partial charge is 0.478 e. The van der Waals surface area contributed by atoms with Gasteiger partial charge in [0, 0.05) is 25.6 Å². The first kappa shape index (κ1) is 12.8. The molecule has 0 bridgehead atoms. The number of hydrogen-bond donors (Lipinski definition) is 1. The van der Waals surface area contributed by atoms with E-state index in [9.17, 15) is 4.79 Å². The van der Waals surface area contributed by atoms with Crippen molar-refractivity contribution in [1.82, 2.24) is 0 Å². The molecule has 0 aromatic heterocycles. The maximum absolute atomic E-state index is 10.4. The highest BCUT2D eigenvalue weighted by Crippen LogP contribution is 2.34. The van der Waals surface area contributed by atoms with E-state index in [4.69, 9.17) is 14.2 Å². The molecule has 0 amide bonds. The van der Waals surface area contributed by atoms with E-state index in [-0.39, 0.29) is 0 Å². The lowest BCUT2D eigenvalue weighted by molar-refractivity contribution is -0.131. The molecule has 4 nitrogen and oxygen atoms in total. The molecule has 1 rings (SSSR count). The molecule has 0 aliphatic carbocycles. The van der Waals surface area contributed by atoms with Crippen molar-refractivity contribution in [3.8, 4) is 0 Å². The molecule has 0 saturated heterocycles. The summed E-state index contributed by atoms with van der Waals surface area (Å²) < 4.78 is 10.3. The number of aliphatic carboxylic acids is 1. The summed E-state index contributed by atoms with van der Waals surface area (Å²) in [6.07, 6.45) is 2.63. The second-order valence-corrected chi connectivity index (χ2v) is 4.65. The molecule has 1 aromatic rings. The van der Waals surface area contributed by atoms with Gasteiger partial charge < -0.3 is 14.2 Å². The van der Waals surface area contributed by atoms with Crippen LogP contribution in [0.3, 0.4) is 0 Å². The second-order valence-electron chi connectivity index (χ2n) is 2.89. The number of carboxylic acid groups (broad SMARTS) is 1. The van der Waals surface area contributed by atoms with Crippen molar-refractivity contribution in [2.75, 3.05) is 14.2 Å². The summed E-state index contributed by atoms with van der Waals surface area (Å²) in [4.78, 5) is 10.4. The van der Waals surface area contributed by atoms with Gasteiger partial charge in [-0.05, 0) is 23.8 Å². The maximum Gasteiger partial charge on any atom is 0.328 e. The van der Waals surface area contributed by atoms with Gasteiger partial charge in [0.1, 0.15) is 0 Å². The summed E-state index contributed by atoms with van der Waals surface area (Å²) in [5, 5.41) is 9.42. The Morgan fingerprint density at radius 2 is 2.06 bits per heavy atom. The summed E-state index contributed by atoms with van der Waals surface area (Å²) >= 11 is 0. The van der Waals surface area contributed by atoms with Crippen LogP contribution in [-0.4, -0.2) is 25.3 Å². The molecule has 0 unspecified atom stereocenters. The van der Waals surface area contributed by atoms with E-state index in [1.807, 2.05) is 24.3 Å². The summed E-state index contributed by atoms with van der Waals surface area (Å²) in [7, 11) is 2.08. The molecule has 0 atom stereocenters. The minimum Gasteiger partial charge on any atom is -0.478 e. The topological polar surface area (TPSA) is 55.8 Å². The lowest BCUT2D eigenvalue weighted by Crippen LogP contribution is -2.03. The molecule has 0 aliphatic heterocycles. The Labute approximate surface area is 95.4 Å². The molecule has 86 valence electrons. The van der Waals surface area contributed by atoms with Gasteiger partial charge in [0.15, 0.2) is 0 Å². The van der Waals surface area contributed by atoms with Crippen molar-refractivity contribution in [1.29, 1.82) is 0 Å². The number of carbonyl (C=O) groups is 1. The standard InChI is InChI=1S/C11H13O4P/c1-14-16(15-2)10-5-3-4-9(8-10)6-7-11(12)13/h3-8H,1-2H3,(H,12,13)/b7-6+. The van der Waals surface area contributed by atoms with Crippen LogP contribution in [0.1, 0.15) is 5.56 Å². The number of benzene rings is 1. The molecule has 1 aromatic carbocycles. The van der Waals surface area contributed by atoms with E-state index in [0.29, 0.717) is 0 Å². The molecule has 5 heteroatoms. The average molecular weight is 240 g/mol. The number of hydrogen-bond acceptors (Lipinski definition) is 3. The molecule has 0 radical (unpaired) electrons. The fourth-order valence-electron chi connectivity index (χ4n) is 1.19. The highest BCUT2D eigenvalue weighted by molar-refractivity contribution is 7.55. The van der Waals surface area contributed by atoms with Gasteiger partial charge in [-0.1, -0.05) is 12.1 Å². The first-order valence-corrected chi connectivity index (χ1v) is 5.74. The summed E-state index contributed by atoms with van der Waals surface area (Å²) in [5.41, 5.74) is 0.807. The Bertz CT molecular complexity index is 385. The van der Waals surface area contributed by atoms with Crippen molar-refractivity contribution >= 4 is 25.7 Å². The minimum absolute atomic E-state index is 0.807. The van der Waals surface area contributed by atoms with Gasteiger partial charge >= 0.3 is 5.97 Å². The van der Waals surface area contributed by atoms with E-state index in [1.54, 1.807) is 14.2 Å². The highest BCUT2D eigenvalue weighted by Gasteiger charge is 2.09. The summed E-state index contributed by atoms with van der Waals surface area (Å²) in [5.74, 6) is -0.967. The van der Waals surface area contributed by atoms with Crippen LogP contribution in [-0.2, 0) is 13.8 Å². The smallest absolute Gasteiger partial charge is 0.328 e. The minimum atomic E-state index is -1.07. The lowest BCUT2D eigenvalue weighted by atomic mass is 10.2. The lowest BCUT2D eigenvalue weighted by Gasteiger charge is -2.12. The van der Waals surface area contributed by atoms with Gasteiger partial charge in [0.2, 0.25) is 8.38 Å². The quantitative estimate of drug-likeness (QED) is 0.631. The maximum atomic E-state index is 10.4. The molecular weight excluding hydrogens is 227 g/mol. The van der Waals surface area contributed by atoms with E-state index in [1.165, 1.54) is 6.08 Å². The van der Waals surface area contributed by atoms with Crippen LogP contribution in [0.5, 0.6) is 0 Å². The van der Waals surface area contributed by atoms with Gasteiger partial charge in [0.25, 0.3) is 0 Å². The Balaban J connectivity index is 2.90. The van der Waals surface area contributed by atoms with Gasteiger partial charge in [-0.25, -0.2) is 4.79 Å². The third kappa shape index (κ3) is 3.74. The van der Waals surface area contributed by atoms with Crippen molar-refractivity contribution in [3.05, 3.63) is 35.9 Å². The first-order chi connectivity index (χ1) is 7.67. The van der Waals surface area contributed by atoms with Gasteiger partial charge in [0.05, 0.1) is 0 Å². The molecule has 0 fully saturated rings. The first-order valence-electron chi connectivity index (χ1n) is 4.57. The SMILES string of the molecule is COP(OC)c1cccc(/C=C/C(=O)O)c1. The normalized spacial score (nSPS) is 11.2. The van der Waals surface area contributed by atoms with Gasteiger partial charge in [-0.3, -0.25) is 0 Å². The molecule has 0 heterocycles.